The lowest BCUT2D eigenvalue weighted by molar-refractivity contribution is -0.0286. The lowest BCUT2D eigenvalue weighted by Crippen LogP contribution is -2.44. The van der Waals surface area contributed by atoms with Crippen LogP contribution in [0.25, 0.3) is 0 Å². The molecule has 0 amide bonds. The Morgan fingerprint density at radius 2 is 1.95 bits per heavy atom. The van der Waals surface area contributed by atoms with Crippen LogP contribution in [0.2, 0.25) is 0 Å². The van der Waals surface area contributed by atoms with Crippen LogP contribution >= 0.6 is 0 Å². The third-order valence-corrected chi connectivity index (χ3v) is 4.01. The fraction of sp³-hybridized carbons (Fsp3) is 0.625. The number of aryl methyl sites for hydroxylation is 1. The van der Waals surface area contributed by atoms with Crippen molar-refractivity contribution in [2.24, 2.45) is 5.92 Å². The van der Waals surface area contributed by atoms with Gasteiger partial charge in [-0.25, -0.2) is 4.39 Å². The summed E-state index contributed by atoms with van der Waals surface area (Å²) in [4.78, 5) is 2.38. The van der Waals surface area contributed by atoms with E-state index in [1.54, 1.807) is 6.07 Å². The summed E-state index contributed by atoms with van der Waals surface area (Å²) in [7, 11) is 0. The molecule has 1 aliphatic heterocycles. The van der Waals surface area contributed by atoms with Gasteiger partial charge in [0, 0.05) is 19.6 Å². The average molecular weight is 265 g/mol. The van der Waals surface area contributed by atoms with Gasteiger partial charge in [-0.05, 0) is 48.9 Å². The van der Waals surface area contributed by atoms with Gasteiger partial charge in [0.1, 0.15) is 5.82 Å². The highest BCUT2D eigenvalue weighted by Crippen LogP contribution is 2.35. The molecule has 0 radical (unpaired) electrons. The van der Waals surface area contributed by atoms with Crippen LogP contribution in [0.4, 0.5) is 4.39 Å². The Morgan fingerprint density at radius 1 is 1.32 bits per heavy atom. The van der Waals surface area contributed by atoms with Crippen LogP contribution < -0.4 is 0 Å². The predicted molar refractivity (Wildman–Crippen MR) is 75.5 cm³/mol. The normalized spacial score (nSPS) is 19.9. The van der Waals surface area contributed by atoms with E-state index in [-0.39, 0.29) is 5.82 Å². The molecule has 19 heavy (non-hydrogen) atoms. The standard InChI is InChI=1S/C16H24FNO/c1-12(2)11-18-8-6-16(19,7-9-18)15-10-14(17)5-4-13(15)3/h4-5,10,12,19H,6-9,11H2,1-3H3. The number of piperidine rings is 1. The molecule has 1 fully saturated rings. The number of benzene rings is 1. The summed E-state index contributed by atoms with van der Waals surface area (Å²) in [5, 5.41) is 10.8. The third kappa shape index (κ3) is 3.34. The number of nitrogens with zero attached hydrogens (tertiary/aromatic N) is 1. The van der Waals surface area contributed by atoms with Crippen molar-refractivity contribution >= 4 is 0 Å². The summed E-state index contributed by atoms with van der Waals surface area (Å²) in [6.45, 7) is 9.18. The van der Waals surface area contributed by atoms with Gasteiger partial charge in [-0.15, -0.1) is 0 Å². The Balaban J connectivity index is 2.11. The minimum Gasteiger partial charge on any atom is -0.385 e. The molecule has 2 rings (SSSR count). The van der Waals surface area contributed by atoms with E-state index in [1.807, 2.05) is 6.92 Å². The van der Waals surface area contributed by atoms with E-state index < -0.39 is 5.60 Å². The first-order chi connectivity index (χ1) is 8.90. The van der Waals surface area contributed by atoms with Crippen LogP contribution in [0.5, 0.6) is 0 Å². The Hall–Kier alpha value is -0.930. The van der Waals surface area contributed by atoms with Crippen molar-refractivity contribution in [1.82, 2.24) is 4.90 Å². The molecule has 0 saturated carbocycles. The Kier molecular flexibility index (Phi) is 4.26. The molecule has 1 heterocycles. The number of aliphatic hydroxyl groups is 1. The molecule has 0 atom stereocenters. The van der Waals surface area contributed by atoms with Crippen molar-refractivity contribution in [2.75, 3.05) is 19.6 Å². The molecule has 1 aliphatic rings. The van der Waals surface area contributed by atoms with Crippen LogP contribution in [0.15, 0.2) is 18.2 Å². The van der Waals surface area contributed by atoms with Crippen molar-refractivity contribution in [3.05, 3.63) is 35.1 Å². The van der Waals surface area contributed by atoms with Gasteiger partial charge in [0.25, 0.3) is 0 Å². The summed E-state index contributed by atoms with van der Waals surface area (Å²) < 4.78 is 13.4. The predicted octanol–water partition coefficient (Wildman–Crippen LogP) is 3.07. The van der Waals surface area contributed by atoms with Crippen molar-refractivity contribution in [1.29, 1.82) is 0 Å². The molecular weight excluding hydrogens is 241 g/mol. The lowest BCUT2D eigenvalue weighted by atomic mass is 9.82. The Bertz CT molecular complexity index is 436. The highest BCUT2D eigenvalue weighted by Gasteiger charge is 2.35. The monoisotopic (exact) mass is 265 g/mol. The SMILES string of the molecule is Cc1ccc(F)cc1C1(O)CCN(CC(C)C)CC1. The van der Waals surface area contributed by atoms with Gasteiger partial charge in [-0.3, -0.25) is 0 Å². The van der Waals surface area contributed by atoms with Gasteiger partial charge < -0.3 is 10.0 Å². The van der Waals surface area contributed by atoms with E-state index in [1.165, 1.54) is 12.1 Å². The number of halogens is 1. The maximum atomic E-state index is 13.4. The largest absolute Gasteiger partial charge is 0.385 e. The summed E-state index contributed by atoms with van der Waals surface area (Å²) in [5.74, 6) is 0.376. The van der Waals surface area contributed by atoms with Gasteiger partial charge in [-0.1, -0.05) is 19.9 Å². The molecule has 2 nitrogen and oxygen atoms in total. The van der Waals surface area contributed by atoms with E-state index >= 15 is 0 Å². The minimum atomic E-state index is -0.861. The van der Waals surface area contributed by atoms with Gasteiger partial charge in [0.15, 0.2) is 0 Å². The maximum absolute atomic E-state index is 13.4. The van der Waals surface area contributed by atoms with Gasteiger partial charge in [0.05, 0.1) is 5.60 Å². The second kappa shape index (κ2) is 5.59. The summed E-state index contributed by atoms with van der Waals surface area (Å²) in [6.07, 6.45) is 1.37. The summed E-state index contributed by atoms with van der Waals surface area (Å²) in [5.41, 5.74) is 0.873. The quantitative estimate of drug-likeness (QED) is 0.908. The first-order valence-corrected chi connectivity index (χ1v) is 7.12. The smallest absolute Gasteiger partial charge is 0.123 e. The topological polar surface area (TPSA) is 23.5 Å². The van der Waals surface area contributed by atoms with Crippen molar-refractivity contribution in [3.8, 4) is 0 Å². The molecule has 0 aliphatic carbocycles. The van der Waals surface area contributed by atoms with Crippen molar-refractivity contribution < 1.29 is 9.50 Å². The fourth-order valence-electron chi connectivity index (χ4n) is 2.99. The zero-order valence-corrected chi connectivity index (χ0v) is 12.1. The van der Waals surface area contributed by atoms with E-state index in [0.29, 0.717) is 18.8 Å². The summed E-state index contributed by atoms with van der Waals surface area (Å²) in [6, 6.07) is 4.70. The molecule has 0 unspecified atom stereocenters. The number of hydrogen-bond acceptors (Lipinski definition) is 2. The molecule has 0 spiro atoms. The average Bonchev–Trinajstić information content (AvgIpc) is 2.35. The van der Waals surface area contributed by atoms with E-state index in [2.05, 4.69) is 18.7 Å². The zero-order chi connectivity index (χ0) is 14.0. The fourth-order valence-corrected chi connectivity index (χ4v) is 2.99. The number of hydrogen-bond donors (Lipinski definition) is 1. The third-order valence-electron chi connectivity index (χ3n) is 4.01. The first-order valence-electron chi connectivity index (χ1n) is 7.12. The molecule has 0 bridgehead atoms. The Labute approximate surface area is 115 Å². The van der Waals surface area contributed by atoms with Gasteiger partial charge in [-0.2, -0.15) is 0 Å². The van der Waals surface area contributed by atoms with Crippen LogP contribution in [-0.2, 0) is 5.60 Å². The number of likely N-dealkylation sites (tertiary alicyclic amines) is 1. The molecule has 1 aromatic rings. The van der Waals surface area contributed by atoms with Gasteiger partial charge in [0.2, 0.25) is 0 Å². The summed E-state index contributed by atoms with van der Waals surface area (Å²) >= 11 is 0. The molecule has 1 N–H and O–H groups in total. The second-order valence-corrected chi connectivity index (χ2v) is 6.19. The maximum Gasteiger partial charge on any atom is 0.123 e. The van der Waals surface area contributed by atoms with E-state index in [9.17, 15) is 9.50 Å². The van der Waals surface area contributed by atoms with E-state index in [0.717, 1.165) is 30.8 Å². The first kappa shape index (κ1) is 14.5. The second-order valence-electron chi connectivity index (χ2n) is 6.19. The molecule has 3 heteroatoms. The van der Waals surface area contributed by atoms with Crippen LogP contribution in [0.1, 0.15) is 37.8 Å². The molecule has 106 valence electrons. The van der Waals surface area contributed by atoms with Gasteiger partial charge >= 0.3 is 0 Å². The van der Waals surface area contributed by atoms with E-state index in [4.69, 9.17) is 0 Å². The molecular formula is C16H24FNO. The zero-order valence-electron chi connectivity index (χ0n) is 12.1. The Morgan fingerprint density at radius 3 is 2.53 bits per heavy atom. The van der Waals surface area contributed by atoms with Crippen LogP contribution in [0.3, 0.4) is 0 Å². The highest BCUT2D eigenvalue weighted by atomic mass is 19.1. The molecule has 1 saturated heterocycles. The highest BCUT2D eigenvalue weighted by molar-refractivity contribution is 5.32. The lowest BCUT2D eigenvalue weighted by Gasteiger charge is -2.39. The van der Waals surface area contributed by atoms with Crippen LogP contribution in [-0.4, -0.2) is 29.6 Å². The van der Waals surface area contributed by atoms with Crippen molar-refractivity contribution in [3.63, 3.8) is 0 Å². The molecule has 0 aromatic heterocycles. The minimum absolute atomic E-state index is 0.265. The van der Waals surface area contributed by atoms with Crippen molar-refractivity contribution in [2.45, 2.75) is 39.2 Å². The van der Waals surface area contributed by atoms with Crippen LogP contribution in [0, 0.1) is 18.7 Å². The number of rotatable bonds is 3. The molecule has 1 aromatic carbocycles.